The van der Waals surface area contributed by atoms with E-state index in [0.717, 1.165) is 26.2 Å². The molecule has 0 aromatic rings. The van der Waals surface area contributed by atoms with E-state index >= 15 is 0 Å². The molecule has 0 radical (unpaired) electrons. The largest absolute Gasteiger partial charge is 0.468 e. The van der Waals surface area contributed by atoms with E-state index in [-0.39, 0.29) is 5.97 Å². The highest BCUT2D eigenvalue weighted by molar-refractivity contribution is 7.57. The highest BCUT2D eigenvalue weighted by atomic mass is 31.2. The van der Waals surface area contributed by atoms with Gasteiger partial charge in [-0.15, -0.1) is 0 Å². The molecule has 2 aliphatic heterocycles. The summed E-state index contributed by atoms with van der Waals surface area (Å²) < 4.78 is 23.1. The predicted octanol–water partition coefficient (Wildman–Crippen LogP) is 0.219. The van der Waals surface area contributed by atoms with Crippen molar-refractivity contribution in [3.8, 4) is 0 Å². The molecule has 6 nitrogen and oxygen atoms in total. The van der Waals surface area contributed by atoms with Crippen LogP contribution < -0.4 is 0 Å². The van der Waals surface area contributed by atoms with Crippen molar-refractivity contribution in [3.63, 3.8) is 0 Å². The Hall–Kier alpha value is -0.420. The second kappa shape index (κ2) is 4.11. The normalized spacial score (nSPS) is 23.2. The van der Waals surface area contributed by atoms with Gasteiger partial charge in [0.05, 0.1) is 7.11 Å². The number of methoxy groups -OCH3 is 1. The molecule has 0 aliphatic carbocycles. The van der Waals surface area contributed by atoms with Crippen LogP contribution >= 0.6 is 7.59 Å². The zero-order valence-corrected chi connectivity index (χ0v) is 10.8. The monoisotopic (exact) mass is 247 g/mol. The molecular weight excluding hydrogens is 229 g/mol. The van der Waals surface area contributed by atoms with E-state index in [1.54, 1.807) is 18.6 Å². The van der Waals surface area contributed by atoms with Crippen LogP contribution in [0.5, 0.6) is 0 Å². The third-order valence-electron chi connectivity index (χ3n) is 3.10. The van der Waals surface area contributed by atoms with E-state index in [1.807, 2.05) is 9.34 Å². The molecule has 2 aliphatic rings. The lowest BCUT2D eigenvalue weighted by Crippen LogP contribution is -2.37. The maximum Gasteiger partial charge on any atom is 0.323 e. The summed E-state index contributed by atoms with van der Waals surface area (Å²) in [5.74, 6) is -0.341. The fraction of sp³-hybridized carbons (Fsp3) is 0.889. The van der Waals surface area contributed by atoms with Crippen molar-refractivity contribution in [2.24, 2.45) is 0 Å². The quantitative estimate of drug-likeness (QED) is 0.393. The molecular formula is C9H18N3O3P. The Kier molecular flexibility index (Phi) is 3.09. The number of ether oxygens (including phenoxy) is 1. The molecule has 7 heteroatoms. The molecule has 2 rings (SSSR count). The Balaban J connectivity index is 2.14. The Morgan fingerprint density at radius 3 is 2.06 bits per heavy atom. The smallest absolute Gasteiger partial charge is 0.323 e. The molecule has 1 unspecified atom stereocenters. The van der Waals surface area contributed by atoms with Crippen LogP contribution in [0, 0.1) is 0 Å². The third-order valence-corrected chi connectivity index (χ3v) is 6.54. The summed E-state index contributed by atoms with van der Waals surface area (Å²) in [5.41, 5.74) is 0. The first-order valence-corrected chi connectivity index (χ1v) is 7.00. The summed E-state index contributed by atoms with van der Waals surface area (Å²) in [4.78, 5) is 11.5. The summed E-state index contributed by atoms with van der Waals surface area (Å²) >= 11 is 0. The average molecular weight is 247 g/mol. The van der Waals surface area contributed by atoms with Gasteiger partial charge in [-0.1, -0.05) is 0 Å². The van der Waals surface area contributed by atoms with Gasteiger partial charge in [0.15, 0.2) is 0 Å². The van der Waals surface area contributed by atoms with E-state index in [4.69, 9.17) is 0 Å². The molecule has 0 saturated carbocycles. The summed E-state index contributed by atoms with van der Waals surface area (Å²) in [5, 5.41) is 0. The van der Waals surface area contributed by atoms with Crippen LogP contribution in [0.4, 0.5) is 0 Å². The van der Waals surface area contributed by atoms with Gasteiger partial charge in [-0.25, -0.2) is 14.0 Å². The van der Waals surface area contributed by atoms with Gasteiger partial charge in [-0.3, -0.25) is 9.36 Å². The van der Waals surface area contributed by atoms with E-state index < -0.39 is 13.6 Å². The van der Waals surface area contributed by atoms with Gasteiger partial charge in [-0.05, 0) is 14.0 Å². The second-order valence-corrected chi connectivity index (χ2v) is 6.98. The van der Waals surface area contributed by atoms with Crippen molar-refractivity contribution in [1.29, 1.82) is 0 Å². The third kappa shape index (κ3) is 1.91. The predicted molar refractivity (Wildman–Crippen MR) is 60.0 cm³/mol. The van der Waals surface area contributed by atoms with Gasteiger partial charge in [0, 0.05) is 26.2 Å². The topological polar surface area (TPSA) is 52.6 Å². The fourth-order valence-electron chi connectivity index (χ4n) is 1.74. The molecule has 2 heterocycles. The number of esters is 1. The molecule has 1 atom stereocenters. The van der Waals surface area contributed by atoms with E-state index in [1.165, 1.54) is 7.11 Å². The van der Waals surface area contributed by atoms with Gasteiger partial charge in [0.2, 0.25) is 0 Å². The van der Waals surface area contributed by atoms with Gasteiger partial charge in [0.25, 0.3) is 7.59 Å². The molecule has 0 aromatic carbocycles. The Morgan fingerprint density at radius 2 is 1.75 bits per heavy atom. The summed E-state index contributed by atoms with van der Waals surface area (Å²) in [6, 6.07) is -0.475. The standard InChI is InChI=1S/C9H18N3O3P/c1-8(9(13)15-3)10(2)16(14,11-4-5-11)12-6-7-12/h8H,4-7H2,1-3H3. The molecule has 16 heavy (non-hydrogen) atoms. The lowest BCUT2D eigenvalue weighted by Gasteiger charge is -2.32. The second-order valence-electron chi connectivity index (χ2n) is 4.19. The maximum atomic E-state index is 12.9. The number of likely N-dealkylation sites (N-methyl/N-ethyl adjacent to an activating group) is 1. The summed E-state index contributed by atoms with van der Waals surface area (Å²) in [6.45, 7) is 5.14. The minimum atomic E-state index is -2.66. The number of nitrogens with zero attached hydrogens (tertiary/aromatic N) is 3. The Bertz CT molecular complexity index is 325. The van der Waals surface area contributed by atoms with Crippen molar-refractivity contribution in [2.75, 3.05) is 40.3 Å². The zero-order chi connectivity index (χ0) is 11.9. The molecule has 0 N–H and O–H groups in total. The summed E-state index contributed by atoms with van der Waals surface area (Å²) in [7, 11) is 0.433. The van der Waals surface area contributed by atoms with Gasteiger partial charge < -0.3 is 4.74 Å². The van der Waals surface area contributed by atoms with Crippen LogP contribution in [0.15, 0.2) is 0 Å². The lowest BCUT2D eigenvalue weighted by atomic mass is 10.4. The average Bonchev–Trinajstić information content (AvgIpc) is 3.14. The lowest BCUT2D eigenvalue weighted by molar-refractivity contribution is -0.144. The van der Waals surface area contributed by atoms with Crippen LogP contribution in [0.25, 0.3) is 0 Å². The molecule has 0 aromatic heterocycles. The van der Waals surface area contributed by atoms with Crippen molar-refractivity contribution in [1.82, 2.24) is 14.0 Å². The molecule has 92 valence electrons. The minimum Gasteiger partial charge on any atom is -0.468 e. The van der Waals surface area contributed by atoms with Crippen LogP contribution in [0.3, 0.4) is 0 Å². The van der Waals surface area contributed by atoms with Gasteiger partial charge >= 0.3 is 5.97 Å². The van der Waals surface area contributed by atoms with Crippen LogP contribution in [-0.2, 0) is 14.1 Å². The van der Waals surface area contributed by atoms with E-state index in [2.05, 4.69) is 4.74 Å². The highest BCUT2D eigenvalue weighted by Crippen LogP contribution is 2.62. The SMILES string of the molecule is COC(=O)C(C)N(C)P(=O)(N1CC1)N1CC1. The van der Waals surface area contributed by atoms with Gasteiger partial charge in [0.1, 0.15) is 6.04 Å². The van der Waals surface area contributed by atoms with E-state index in [0.29, 0.717) is 0 Å². The first-order valence-electron chi connectivity index (χ1n) is 5.44. The number of carbonyl (C=O) groups excluding carboxylic acids is 1. The number of hydrogen-bond acceptors (Lipinski definition) is 3. The molecule has 0 bridgehead atoms. The molecule has 0 spiro atoms. The molecule has 2 saturated heterocycles. The van der Waals surface area contributed by atoms with Crippen molar-refractivity contribution in [2.45, 2.75) is 13.0 Å². The fourth-order valence-corrected chi connectivity index (χ4v) is 4.66. The first-order chi connectivity index (χ1) is 7.51. The van der Waals surface area contributed by atoms with Crippen molar-refractivity contribution in [3.05, 3.63) is 0 Å². The number of hydrogen-bond donors (Lipinski definition) is 0. The Morgan fingerprint density at radius 1 is 1.31 bits per heavy atom. The van der Waals surface area contributed by atoms with Crippen LogP contribution in [0.2, 0.25) is 0 Å². The number of rotatable bonds is 5. The van der Waals surface area contributed by atoms with Crippen LogP contribution in [0.1, 0.15) is 6.92 Å². The molecule has 0 amide bonds. The van der Waals surface area contributed by atoms with Gasteiger partial charge in [-0.2, -0.15) is 0 Å². The summed E-state index contributed by atoms with van der Waals surface area (Å²) in [6.07, 6.45) is 0. The first kappa shape index (κ1) is 12.0. The van der Waals surface area contributed by atoms with E-state index in [9.17, 15) is 9.36 Å². The maximum absolute atomic E-state index is 12.9. The van der Waals surface area contributed by atoms with Crippen molar-refractivity contribution >= 4 is 13.6 Å². The molecule has 2 fully saturated rings. The zero-order valence-electron chi connectivity index (χ0n) is 9.92. The number of carbonyl (C=O) groups is 1. The highest BCUT2D eigenvalue weighted by Gasteiger charge is 2.52. The van der Waals surface area contributed by atoms with Crippen molar-refractivity contribution < 1.29 is 14.1 Å². The van der Waals surface area contributed by atoms with Crippen LogP contribution in [-0.4, -0.2) is 66.4 Å². The Labute approximate surface area is 95.7 Å². The minimum absolute atomic E-state index is 0.341.